The summed E-state index contributed by atoms with van der Waals surface area (Å²) in [6.07, 6.45) is -0.662. The Bertz CT molecular complexity index is 378. The molecular formula is C10H13N3O3. The molecule has 86 valence electrons. The number of hydrogen-bond donors (Lipinski definition) is 3. The number of nitrogens with two attached hydrogens (primary N) is 1. The Hall–Kier alpha value is -2.24. The van der Waals surface area contributed by atoms with Gasteiger partial charge in [0.2, 0.25) is 0 Å². The Kier molecular flexibility index (Phi) is 4.14. The van der Waals surface area contributed by atoms with Crippen molar-refractivity contribution in [3.63, 3.8) is 0 Å². The van der Waals surface area contributed by atoms with Gasteiger partial charge in [0.25, 0.3) is 0 Å². The molecule has 0 heterocycles. The standard InChI is InChI=1S/C10H13N3O3/c1-7(9(11)13-15)12-10(14)16-8-5-3-2-4-6-8/h2-7,15H,1H3,(H2,11,13)(H,12,14). The number of carbonyl (C=O) groups excluding carboxylic acids is 1. The molecule has 0 saturated heterocycles. The van der Waals surface area contributed by atoms with E-state index >= 15 is 0 Å². The third-order valence-electron chi connectivity index (χ3n) is 1.85. The van der Waals surface area contributed by atoms with Crippen LogP contribution in [0.25, 0.3) is 0 Å². The van der Waals surface area contributed by atoms with Crippen molar-refractivity contribution < 1.29 is 14.7 Å². The second-order valence-electron chi connectivity index (χ2n) is 3.09. The van der Waals surface area contributed by atoms with Crippen LogP contribution in [0.15, 0.2) is 35.5 Å². The maximum Gasteiger partial charge on any atom is 0.413 e. The summed E-state index contributed by atoms with van der Waals surface area (Å²) in [5, 5.41) is 13.6. The van der Waals surface area contributed by atoms with Crippen molar-refractivity contribution in [2.75, 3.05) is 0 Å². The molecule has 1 atom stereocenters. The molecule has 0 spiro atoms. The van der Waals surface area contributed by atoms with Crippen molar-refractivity contribution in [2.24, 2.45) is 10.9 Å². The van der Waals surface area contributed by atoms with Crippen LogP contribution in [0.1, 0.15) is 6.92 Å². The number of ether oxygens (including phenoxy) is 1. The molecule has 0 aliphatic carbocycles. The number of amidine groups is 1. The summed E-state index contributed by atoms with van der Waals surface area (Å²) < 4.78 is 4.94. The molecule has 0 saturated carbocycles. The van der Waals surface area contributed by atoms with Gasteiger partial charge in [0.15, 0.2) is 5.84 Å². The average Bonchev–Trinajstić information content (AvgIpc) is 2.29. The Morgan fingerprint density at radius 3 is 2.69 bits per heavy atom. The number of para-hydroxylation sites is 1. The second-order valence-corrected chi connectivity index (χ2v) is 3.09. The third-order valence-corrected chi connectivity index (χ3v) is 1.85. The molecule has 1 amide bonds. The van der Waals surface area contributed by atoms with Gasteiger partial charge >= 0.3 is 6.09 Å². The van der Waals surface area contributed by atoms with Gasteiger partial charge in [-0.05, 0) is 19.1 Å². The minimum Gasteiger partial charge on any atom is -0.410 e. The van der Waals surface area contributed by atoms with Crippen molar-refractivity contribution in [3.05, 3.63) is 30.3 Å². The highest BCUT2D eigenvalue weighted by molar-refractivity contribution is 5.88. The van der Waals surface area contributed by atoms with Crippen LogP contribution in [0.5, 0.6) is 5.75 Å². The zero-order chi connectivity index (χ0) is 12.0. The van der Waals surface area contributed by atoms with Crippen LogP contribution < -0.4 is 15.8 Å². The monoisotopic (exact) mass is 223 g/mol. The zero-order valence-corrected chi connectivity index (χ0v) is 8.75. The fourth-order valence-electron chi connectivity index (χ4n) is 0.962. The van der Waals surface area contributed by atoms with E-state index in [1.54, 1.807) is 31.2 Å². The first-order valence-electron chi connectivity index (χ1n) is 4.64. The van der Waals surface area contributed by atoms with Crippen LogP contribution in [0.4, 0.5) is 4.79 Å². The van der Waals surface area contributed by atoms with E-state index in [2.05, 4.69) is 10.5 Å². The Balaban J connectivity index is 2.49. The summed E-state index contributed by atoms with van der Waals surface area (Å²) in [6.45, 7) is 1.57. The van der Waals surface area contributed by atoms with Gasteiger partial charge < -0.3 is 21.0 Å². The summed E-state index contributed by atoms with van der Waals surface area (Å²) in [7, 11) is 0. The zero-order valence-electron chi connectivity index (χ0n) is 8.75. The highest BCUT2D eigenvalue weighted by atomic mass is 16.6. The molecule has 0 fully saturated rings. The normalized spacial score (nSPS) is 12.9. The summed E-state index contributed by atoms with van der Waals surface area (Å²) >= 11 is 0. The molecule has 0 bridgehead atoms. The number of nitrogens with one attached hydrogen (secondary N) is 1. The topological polar surface area (TPSA) is 96.9 Å². The van der Waals surface area contributed by atoms with Crippen LogP contribution in [-0.2, 0) is 0 Å². The predicted molar refractivity (Wildman–Crippen MR) is 58.5 cm³/mol. The molecule has 0 aliphatic rings. The van der Waals surface area contributed by atoms with E-state index < -0.39 is 12.1 Å². The number of hydrogen-bond acceptors (Lipinski definition) is 4. The predicted octanol–water partition coefficient (Wildman–Crippen LogP) is 0.910. The molecule has 4 N–H and O–H groups in total. The number of carbonyl (C=O) groups is 1. The van der Waals surface area contributed by atoms with Gasteiger partial charge in [0.05, 0.1) is 6.04 Å². The molecule has 0 radical (unpaired) electrons. The van der Waals surface area contributed by atoms with E-state index in [4.69, 9.17) is 15.7 Å². The Morgan fingerprint density at radius 1 is 1.50 bits per heavy atom. The van der Waals surface area contributed by atoms with Crippen LogP contribution >= 0.6 is 0 Å². The maximum atomic E-state index is 11.3. The van der Waals surface area contributed by atoms with Crippen LogP contribution in [0.2, 0.25) is 0 Å². The van der Waals surface area contributed by atoms with Crippen LogP contribution in [-0.4, -0.2) is 23.2 Å². The summed E-state index contributed by atoms with van der Waals surface area (Å²) in [4.78, 5) is 11.3. The molecule has 1 aromatic carbocycles. The SMILES string of the molecule is CC(NC(=O)Oc1ccccc1)/C(N)=N/O. The number of benzene rings is 1. The van der Waals surface area contributed by atoms with Crippen molar-refractivity contribution in [1.82, 2.24) is 5.32 Å². The summed E-state index contributed by atoms with van der Waals surface area (Å²) in [5.41, 5.74) is 5.29. The molecule has 1 unspecified atom stereocenters. The van der Waals surface area contributed by atoms with Crippen molar-refractivity contribution in [2.45, 2.75) is 13.0 Å². The van der Waals surface area contributed by atoms with Gasteiger partial charge in [-0.1, -0.05) is 23.4 Å². The number of nitrogens with zero attached hydrogens (tertiary/aromatic N) is 1. The maximum absolute atomic E-state index is 11.3. The fourth-order valence-corrected chi connectivity index (χ4v) is 0.962. The van der Waals surface area contributed by atoms with Gasteiger partial charge in [0, 0.05) is 0 Å². The Labute approximate surface area is 92.7 Å². The van der Waals surface area contributed by atoms with Crippen molar-refractivity contribution in [3.8, 4) is 5.75 Å². The third kappa shape index (κ3) is 3.49. The lowest BCUT2D eigenvalue weighted by atomic mass is 10.3. The largest absolute Gasteiger partial charge is 0.413 e. The van der Waals surface area contributed by atoms with Gasteiger partial charge in [-0.15, -0.1) is 0 Å². The first kappa shape index (κ1) is 11.8. The minimum atomic E-state index is -0.662. The molecular weight excluding hydrogens is 210 g/mol. The molecule has 1 aromatic rings. The molecule has 16 heavy (non-hydrogen) atoms. The van der Waals surface area contributed by atoms with Crippen LogP contribution in [0.3, 0.4) is 0 Å². The smallest absolute Gasteiger partial charge is 0.410 e. The van der Waals surface area contributed by atoms with Crippen molar-refractivity contribution >= 4 is 11.9 Å². The number of rotatable bonds is 3. The number of amides is 1. The molecule has 0 aliphatic heterocycles. The van der Waals surface area contributed by atoms with Crippen LogP contribution in [0, 0.1) is 0 Å². The van der Waals surface area contributed by atoms with Gasteiger partial charge in [0.1, 0.15) is 5.75 Å². The minimum absolute atomic E-state index is 0.0926. The first-order valence-corrected chi connectivity index (χ1v) is 4.64. The second kappa shape index (κ2) is 5.59. The number of oxime groups is 1. The fraction of sp³-hybridized carbons (Fsp3) is 0.200. The van der Waals surface area contributed by atoms with Gasteiger partial charge in [-0.2, -0.15) is 0 Å². The Morgan fingerprint density at radius 2 is 2.12 bits per heavy atom. The summed E-state index contributed by atoms with van der Waals surface area (Å²) in [5.74, 6) is 0.330. The van der Waals surface area contributed by atoms with E-state index in [1.165, 1.54) is 0 Å². The van der Waals surface area contributed by atoms with E-state index in [0.29, 0.717) is 5.75 Å². The highest BCUT2D eigenvalue weighted by Gasteiger charge is 2.12. The van der Waals surface area contributed by atoms with E-state index in [1.807, 2.05) is 6.07 Å². The van der Waals surface area contributed by atoms with E-state index in [0.717, 1.165) is 0 Å². The average molecular weight is 223 g/mol. The summed E-state index contributed by atoms with van der Waals surface area (Å²) in [6, 6.07) is 8.00. The van der Waals surface area contributed by atoms with Gasteiger partial charge in [-0.25, -0.2) is 4.79 Å². The molecule has 0 aromatic heterocycles. The van der Waals surface area contributed by atoms with E-state index in [9.17, 15) is 4.79 Å². The molecule has 1 rings (SSSR count). The first-order chi connectivity index (χ1) is 7.63. The highest BCUT2D eigenvalue weighted by Crippen LogP contribution is 2.08. The lowest BCUT2D eigenvalue weighted by molar-refractivity contribution is 0.199. The van der Waals surface area contributed by atoms with E-state index in [-0.39, 0.29) is 5.84 Å². The molecule has 6 heteroatoms. The lowest BCUT2D eigenvalue weighted by Crippen LogP contribution is -2.43. The van der Waals surface area contributed by atoms with Gasteiger partial charge in [-0.3, -0.25) is 0 Å². The molecule has 6 nitrogen and oxygen atoms in total. The quantitative estimate of drug-likeness (QED) is 0.307. The lowest BCUT2D eigenvalue weighted by Gasteiger charge is -2.11. The van der Waals surface area contributed by atoms with Crippen molar-refractivity contribution in [1.29, 1.82) is 0 Å².